The van der Waals surface area contributed by atoms with Gasteiger partial charge < -0.3 is 10.6 Å². The Morgan fingerprint density at radius 2 is 1.78 bits per heavy atom. The Balaban J connectivity index is 0.00000289. The SMILES string of the molecule is CC(C)Nc1cc(Cl)c(NC(=O)CCl)c(Cl)c1.Cl. The van der Waals surface area contributed by atoms with Crippen molar-refractivity contribution in [2.75, 3.05) is 16.5 Å². The number of benzene rings is 1. The molecule has 0 spiro atoms. The van der Waals surface area contributed by atoms with E-state index in [-0.39, 0.29) is 30.2 Å². The molecule has 0 aliphatic carbocycles. The minimum atomic E-state index is -0.347. The molecule has 0 saturated heterocycles. The fraction of sp³-hybridized carbons (Fsp3) is 0.364. The van der Waals surface area contributed by atoms with E-state index in [1.54, 1.807) is 12.1 Å². The van der Waals surface area contributed by atoms with Crippen molar-refractivity contribution >= 4 is 64.5 Å². The summed E-state index contributed by atoms with van der Waals surface area (Å²) < 4.78 is 0. The average Bonchev–Trinajstić information content (AvgIpc) is 2.22. The number of halogens is 4. The van der Waals surface area contributed by atoms with Crippen LogP contribution in [-0.4, -0.2) is 17.8 Å². The fourth-order valence-corrected chi connectivity index (χ4v) is 1.93. The van der Waals surface area contributed by atoms with Crippen LogP contribution in [0, 0.1) is 0 Å². The van der Waals surface area contributed by atoms with E-state index in [4.69, 9.17) is 34.8 Å². The standard InChI is InChI=1S/C11H13Cl3N2O.ClH/c1-6(2)15-7-3-8(13)11(9(14)4-7)16-10(17)5-12;/h3-4,6,15H,5H2,1-2H3,(H,16,17);1H. The Morgan fingerprint density at radius 3 is 2.17 bits per heavy atom. The summed E-state index contributed by atoms with van der Waals surface area (Å²) >= 11 is 17.5. The van der Waals surface area contributed by atoms with E-state index in [9.17, 15) is 4.79 Å². The number of anilines is 2. The Hall–Kier alpha value is -0.350. The summed E-state index contributed by atoms with van der Waals surface area (Å²) in [5.74, 6) is -0.487. The number of hydrogen-bond acceptors (Lipinski definition) is 2. The highest BCUT2D eigenvalue weighted by Gasteiger charge is 2.11. The van der Waals surface area contributed by atoms with Crippen LogP contribution in [0.1, 0.15) is 13.8 Å². The first-order valence-corrected chi connectivity index (χ1v) is 6.34. The molecule has 1 amide bonds. The molecule has 1 rings (SSSR count). The summed E-state index contributed by atoms with van der Waals surface area (Å²) in [5, 5.41) is 6.47. The van der Waals surface area contributed by atoms with Gasteiger partial charge in [0.05, 0.1) is 15.7 Å². The maximum atomic E-state index is 11.2. The van der Waals surface area contributed by atoms with Crippen LogP contribution in [0.5, 0.6) is 0 Å². The van der Waals surface area contributed by atoms with Gasteiger partial charge in [-0.2, -0.15) is 0 Å². The minimum absolute atomic E-state index is 0. The summed E-state index contributed by atoms with van der Waals surface area (Å²) in [7, 11) is 0. The van der Waals surface area contributed by atoms with Gasteiger partial charge in [0, 0.05) is 11.7 Å². The lowest BCUT2D eigenvalue weighted by molar-refractivity contribution is -0.113. The Labute approximate surface area is 128 Å². The normalized spacial score (nSPS) is 9.89. The number of carbonyl (C=O) groups is 1. The summed E-state index contributed by atoms with van der Waals surface area (Å²) in [5.41, 5.74) is 1.19. The number of carbonyl (C=O) groups excluding carboxylic acids is 1. The monoisotopic (exact) mass is 330 g/mol. The summed E-state index contributed by atoms with van der Waals surface area (Å²) in [6.45, 7) is 4.01. The van der Waals surface area contributed by atoms with E-state index in [0.717, 1.165) is 5.69 Å². The molecular weight excluding hydrogens is 318 g/mol. The van der Waals surface area contributed by atoms with Gasteiger partial charge in [-0.15, -0.1) is 24.0 Å². The van der Waals surface area contributed by atoms with Gasteiger partial charge in [-0.25, -0.2) is 0 Å². The lowest BCUT2D eigenvalue weighted by atomic mass is 10.2. The molecule has 0 aliphatic heterocycles. The van der Waals surface area contributed by atoms with Crippen molar-refractivity contribution in [2.24, 2.45) is 0 Å². The van der Waals surface area contributed by atoms with Crippen LogP contribution in [0.15, 0.2) is 12.1 Å². The highest BCUT2D eigenvalue weighted by molar-refractivity contribution is 6.40. The highest BCUT2D eigenvalue weighted by Crippen LogP contribution is 2.34. The summed E-state index contributed by atoms with van der Waals surface area (Å²) in [6.07, 6.45) is 0. The van der Waals surface area contributed by atoms with Gasteiger partial charge in [-0.3, -0.25) is 4.79 Å². The predicted octanol–water partition coefficient (Wildman–Crippen LogP) is 4.41. The van der Waals surface area contributed by atoms with Crippen molar-refractivity contribution in [1.29, 1.82) is 0 Å². The number of amides is 1. The Bertz CT molecular complexity index is 400. The molecule has 7 heteroatoms. The zero-order valence-corrected chi connectivity index (χ0v) is 13.0. The largest absolute Gasteiger partial charge is 0.383 e. The van der Waals surface area contributed by atoms with Crippen LogP contribution in [0.2, 0.25) is 10.0 Å². The second kappa shape index (κ2) is 7.95. The lowest BCUT2D eigenvalue weighted by Gasteiger charge is -2.14. The van der Waals surface area contributed by atoms with E-state index >= 15 is 0 Å². The molecule has 0 bridgehead atoms. The molecule has 102 valence electrons. The third-order valence-corrected chi connectivity index (χ3v) is 2.72. The van der Waals surface area contributed by atoms with E-state index in [1.807, 2.05) is 13.8 Å². The first kappa shape index (κ1) is 17.6. The quantitative estimate of drug-likeness (QED) is 0.802. The van der Waals surface area contributed by atoms with Gasteiger partial charge in [0.2, 0.25) is 5.91 Å². The second-order valence-electron chi connectivity index (χ2n) is 3.80. The molecule has 0 heterocycles. The molecule has 0 unspecified atom stereocenters. The number of hydrogen-bond donors (Lipinski definition) is 2. The van der Waals surface area contributed by atoms with Crippen molar-refractivity contribution in [3.05, 3.63) is 22.2 Å². The minimum Gasteiger partial charge on any atom is -0.383 e. The van der Waals surface area contributed by atoms with Crippen LogP contribution in [0.4, 0.5) is 11.4 Å². The Kier molecular flexibility index (Phi) is 7.79. The summed E-state index contributed by atoms with van der Waals surface area (Å²) in [4.78, 5) is 11.2. The molecule has 2 N–H and O–H groups in total. The van der Waals surface area contributed by atoms with Crippen molar-refractivity contribution in [2.45, 2.75) is 19.9 Å². The highest BCUT2D eigenvalue weighted by atomic mass is 35.5. The van der Waals surface area contributed by atoms with Crippen LogP contribution in [0.25, 0.3) is 0 Å². The Morgan fingerprint density at radius 1 is 1.28 bits per heavy atom. The zero-order valence-electron chi connectivity index (χ0n) is 9.89. The van der Waals surface area contributed by atoms with Crippen molar-refractivity contribution in [3.63, 3.8) is 0 Å². The molecule has 1 aromatic rings. The second-order valence-corrected chi connectivity index (χ2v) is 4.88. The molecule has 1 aromatic carbocycles. The van der Waals surface area contributed by atoms with Gasteiger partial charge in [0.25, 0.3) is 0 Å². The van der Waals surface area contributed by atoms with Gasteiger partial charge in [0.1, 0.15) is 5.88 Å². The van der Waals surface area contributed by atoms with Crippen LogP contribution < -0.4 is 10.6 Å². The van der Waals surface area contributed by atoms with Gasteiger partial charge in [0.15, 0.2) is 0 Å². The molecule has 3 nitrogen and oxygen atoms in total. The van der Waals surface area contributed by atoms with Crippen molar-refractivity contribution < 1.29 is 4.79 Å². The van der Waals surface area contributed by atoms with E-state index in [0.29, 0.717) is 15.7 Å². The molecule has 0 saturated carbocycles. The topological polar surface area (TPSA) is 41.1 Å². The van der Waals surface area contributed by atoms with Gasteiger partial charge in [-0.05, 0) is 26.0 Å². The molecule has 0 fully saturated rings. The van der Waals surface area contributed by atoms with E-state index in [2.05, 4.69) is 10.6 Å². The average molecular weight is 332 g/mol. The third-order valence-electron chi connectivity index (χ3n) is 1.88. The molecule has 0 atom stereocenters. The molecule has 0 aromatic heterocycles. The summed E-state index contributed by atoms with van der Waals surface area (Å²) in [6, 6.07) is 3.68. The lowest BCUT2D eigenvalue weighted by Crippen LogP contribution is -2.14. The third kappa shape index (κ3) is 5.11. The van der Waals surface area contributed by atoms with Gasteiger partial charge >= 0.3 is 0 Å². The number of nitrogens with one attached hydrogen (secondary N) is 2. The predicted molar refractivity (Wildman–Crippen MR) is 81.8 cm³/mol. The first-order chi connectivity index (χ1) is 7.93. The van der Waals surface area contributed by atoms with E-state index < -0.39 is 0 Å². The zero-order chi connectivity index (χ0) is 13.0. The smallest absolute Gasteiger partial charge is 0.239 e. The maximum Gasteiger partial charge on any atom is 0.239 e. The fourth-order valence-electron chi connectivity index (χ4n) is 1.28. The van der Waals surface area contributed by atoms with Gasteiger partial charge in [-0.1, -0.05) is 23.2 Å². The molecule has 0 aliphatic rings. The van der Waals surface area contributed by atoms with Crippen LogP contribution >= 0.6 is 47.2 Å². The molecular formula is C11H14Cl4N2O. The maximum absolute atomic E-state index is 11.2. The van der Waals surface area contributed by atoms with Crippen molar-refractivity contribution in [1.82, 2.24) is 0 Å². The molecule has 0 radical (unpaired) electrons. The van der Waals surface area contributed by atoms with Crippen molar-refractivity contribution in [3.8, 4) is 0 Å². The molecule has 18 heavy (non-hydrogen) atoms. The number of rotatable bonds is 4. The van der Waals surface area contributed by atoms with Crippen LogP contribution in [-0.2, 0) is 4.79 Å². The van der Waals surface area contributed by atoms with Crippen LogP contribution in [0.3, 0.4) is 0 Å². The first-order valence-electron chi connectivity index (χ1n) is 5.05. The number of alkyl halides is 1. The van der Waals surface area contributed by atoms with E-state index in [1.165, 1.54) is 0 Å².